The molecule has 0 bridgehead atoms. The van der Waals surface area contributed by atoms with E-state index in [1.54, 1.807) is 0 Å². The number of aryl methyl sites for hydroxylation is 1. The first-order chi connectivity index (χ1) is 12.7. The number of carbonyl (C=O) groups is 1. The Kier molecular flexibility index (Phi) is 4.72. The first kappa shape index (κ1) is 17.2. The van der Waals surface area contributed by atoms with Crippen LogP contribution in [0.1, 0.15) is 37.4 Å². The van der Waals surface area contributed by atoms with Crippen LogP contribution in [-0.2, 0) is 16.6 Å². The molecule has 1 aromatic heterocycles. The number of amides is 1. The van der Waals surface area contributed by atoms with Crippen molar-refractivity contribution in [1.82, 2.24) is 20.2 Å². The predicted octanol–water partition coefficient (Wildman–Crippen LogP) is 2.56. The lowest BCUT2D eigenvalue weighted by molar-refractivity contribution is -0.122. The lowest BCUT2D eigenvalue weighted by Crippen LogP contribution is -2.48. The van der Waals surface area contributed by atoms with Gasteiger partial charge in [-0.2, -0.15) is 0 Å². The van der Waals surface area contributed by atoms with Crippen LogP contribution in [0, 0.1) is 0 Å². The zero-order chi connectivity index (χ0) is 18.0. The molecular formula is C21H26N4O. The molecule has 5 nitrogen and oxygen atoms in total. The van der Waals surface area contributed by atoms with Crippen LogP contribution in [0.4, 0.5) is 0 Å². The molecule has 0 saturated carbocycles. The SMILES string of the molecule is CCNC(=O)CN1CCCC2(CCc3cnc(-c4ccccc4)nc32)C1. The van der Waals surface area contributed by atoms with Gasteiger partial charge in [0.05, 0.1) is 12.2 Å². The van der Waals surface area contributed by atoms with Gasteiger partial charge in [-0.1, -0.05) is 30.3 Å². The summed E-state index contributed by atoms with van der Waals surface area (Å²) in [6.07, 6.45) is 6.43. The zero-order valence-electron chi connectivity index (χ0n) is 15.4. The molecule has 1 saturated heterocycles. The van der Waals surface area contributed by atoms with Crippen molar-refractivity contribution >= 4 is 5.91 Å². The van der Waals surface area contributed by atoms with Gasteiger partial charge >= 0.3 is 0 Å². The molecule has 1 aliphatic carbocycles. The normalized spacial score (nSPS) is 22.3. The average molecular weight is 350 g/mol. The largest absolute Gasteiger partial charge is 0.355 e. The predicted molar refractivity (Wildman–Crippen MR) is 102 cm³/mol. The summed E-state index contributed by atoms with van der Waals surface area (Å²) in [4.78, 5) is 23.9. The molecule has 1 spiro atoms. The number of likely N-dealkylation sites (N-methyl/N-ethyl adjacent to an activating group) is 1. The van der Waals surface area contributed by atoms with Crippen molar-refractivity contribution in [3.8, 4) is 11.4 Å². The van der Waals surface area contributed by atoms with Crippen LogP contribution in [0.3, 0.4) is 0 Å². The molecule has 4 rings (SSSR count). The fraction of sp³-hybridized carbons (Fsp3) is 0.476. The van der Waals surface area contributed by atoms with E-state index < -0.39 is 0 Å². The monoisotopic (exact) mass is 350 g/mol. The van der Waals surface area contributed by atoms with Crippen molar-refractivity contribution in [2.45, 2.75) is 38.0 Å². The van der Waals surface area contributed by atoms with Crippen molar-refractivity contribution in [3.63, 3.8) is 0 Å². The molecule has 1 aromatic carbocycles. The van der Waals surface area contributed by atoms with Gasteiger partial charge < -0.3 is 5.32 Å². The Balaban J connectivity index is 1.60. The second kappa shape index (κ2) is 7.16. The van der Waals surface area contributed by atoms with Crippen molar-refractivity contribution in [1.29, 1.82) is 0 Å². The number of piperidine rings is 1. The number of nitrogens with one attached hydrogen (secondary N) is 1. The van der Waals surface area contributed by atoms with Gasteiger partial charge in [0.25, 0.3) is 0 Å². The second-order valence-electron chi connectivity index (χ2n) is 7.48. The molecular weight excluding hydrogens is 324 g/mol. The minimum Gasteiger partial charge on any atom is -0.355 e. The summed E-state index contributed by atoms with van der Waals surface area (Å²) >= 11 is 0. The van der Waals surface area contributed by atoms with Crippen LogP contribution in [0.15, 0.2) is 36.5 Å². The Morgan fingerprint density at radius 1 is 1.27 bits per heavy atom. The van der Waals surface area contributed by atoms with E-state index in [0.29, 0.717) is 13.1 Å². The van der Waals surface area contributed by atoms with Gasteiger partial charge in [-0.05, 0) is 44.7 Å². The van der Waals surface area contributed by atoms with Crippen LogP contribution < -0.4 is 5.32 Å². The van der Waals surface area contributed by atoms with Crippen LogP contribution in [-0.4, -0.2) is 47.0 Å². The molecule has 2 aliphatic rings. The molecule has 1 amide bonds. The first-order valence-electron chi connectivity index (χ1n) is 9.61. The maximum atomic E-state index is 12.0. The molecule has 2 heterocycles. The van der Waals surface area contributed by atoms with E-state index in [0.717, 1.165) is 50.2 Å². The van der Waals surface area contributed by atoms with E-state index in [4.69, 9.17) is 4.98 Å². The van der Waals surface area contributed by atoms with Gasteiger partial charge in [0.2, 0.25) is 5.91 Å². The number of benzene rings is 1. The van der Waals surface area contributed by atoms with Crippen molar-refractivity contribution in [2.24, 2.45) is 0 Å². The lowest BCUT2D eigenvalue weighted by atomic mass is 9.77. The Bertz CT molecular complexity index is 788. The third kappa shape index (κ3) is 3.23. The summed E-state index contributed by atoms with van der Waals surface area (Å²) in [6, 6.07) is 10.2. The highest BCUT2D eigenvalue weighted by atomic mass is 16.2. The van der Waals surface area contributed by atoms with Gasteiger partial charge in [-0.3, -0.25) is 9.69 Å². The Morgan fingerprint density at radius 3 is 2.92 bits per heavy atom. The molecule has 1 N–H and O–H groups in total. The summed E-state index contributed by atoms with van der Waals surface area (Å²) in [5.74, 6) is 0.932. The summed E-state index contributed by atoms with van der Waals surface area (Å²) < 4.78 is 0. The van der Waals surface area contributed by atoms with Crippen LogP contribution in [0.5, 0.6) is 0 Å². The fourth-order valence-corrected chi connectivity index (χ4v) is 4.48. The summed E-state index contributed by atoms with van der Waals surface area (Å²) in [7, 11) is 0. The average Bonchev–Trinajstić information content (AvgIpc) is 3.00. The van der Waals surface area contributed by atoms with Crippen molar-refractivity contribution < 1.29 is 4.79 Å². The highest BCUT2D eigenvalue weighted by Gasteiger charge is 2.43. The topological polar surface area (TPSA) is 58.1 Å². The third-order valence-electron chi connectivity index (χ3n) is 5.67. The molecule has 1 fully saturated rings. The van der Waals surface area contributed by atoms with Gasteiger partial charge in [-0.25, -0.2) is 9.97 Å². The zero-order valence-corrected chi connectivity index (χ0v) is 15.4. The summed E-state index contributed by atoms with van der Waals surface area (Å²) in [6.45, 7) is 5.05. The highest BCUT2D eigenvalue weighted by molar-refractivity contribution is 5.78. The van der Waals surface area contributed by atoms with Gasteiger partial charge in [0, 0.05) is 30.3 Å². The molecule has 26 heavy (non-hydrogen) atoms. The maximum absolute atomic E-state index is 12.0. The maximum Gasteiger partial charge on any atom is 0.234 e. The Morgan fingerprint density at radius 2 is 2.12 bits per heavy atom. The first-order valence-corrected chi connectivity index (χ1v) is 9.61. The molecule has 1 atom stereocenters. The smallest absolute Gasteiger partial charge is 0.234 e. The number of carbonyl (C=O) groups excluding carboxylic acids is 1. The van der Waals surface area contributed by atoms with E-state index in [-0.39, 0.29) is 11.3 Å². The number of aromatic nitrogens is 2. The van der Waals surface area contributed by atoms with Crippen LogP contribution in [0.25, 0.3) is 11.4 Å². The van der Waals surface area contributed by atoms with Crippen LogP contribution >= 0.6 is 0 Å². The summed E-state index contributed by atoms with van der Waals surface area (Å²) in [5.41, 5.74) is 3.64. The van der Waals surface area contributed by atoms with E-state index >= 15 is 0 Å². The fourth-order valence-electron chi connectivity index (χ4n) is 4.48. The van der Waals surface area contributed by atoms with E-state index in [1.807, 2.05) is 31.3 Å². The third-order valence-corrected chi connectivity index (χ3v) is 5.67. The molecule has 136 valence electrons. The van der Waals surface area contributed by atoms with Crippen molar-refractivity contribution in [3.05, 3.63) is 47.8 Å². The van der Waals surface area contributed by atoms with Gasteiger partial charge in [-0.15, -0.1) is 0 Å². The van der Waals surface area contributed by atoms with Gasteiger partial charge in [0.1, 0.15) is 0 Å². The number of likely N-dealkylation sites (tertiary alicyclic amines) is 1. The van der Waals surface area contributed by atoms with E-state index in [2.05, 4.69) is 27.3 Å². The number of hydrogen-bond acceptors (Lipinski definition) is 4. The van der Waals surface area contributed by atoms with Crippen molar-refractivity contribution in [2.75, 3.05) is 26.2 Å². The van der Waals surface area contributed by atoms with Gasteiger partial charge in [0.15, 0.2) is 5.82 Å². The Hall–Kier alpha value is -2.27. The minimum atomic E-state index is 0.0759. The molecule has 5 heteroatoms. The Labute approximate surface area is 154 Å². The highest BCUT2D eigenvalue weighted by Crippen LogP contribution is 2.44. The standard InChI is InChI=1S/C21H26N4O/c1-2-22-18(26)14-25-12-6-10-21(15-25)11-9-17-13-23-20(24-19(17)21)16-7-4-3-5-8-16/h3-5,7-8,13H,2,6,9-12,14-15H2,1H3,(H,22,26). The molecule has 1 unspecified atom stereocenters. The number of nitrogens with zero attached hydrogens (tertiary/aromatic N) is 3. The number of hydrogen-bond donors (Lipinski definition) is 1. The molecule has 0 radical (unpaired) electrons. The molecule has 2 aromatic rings. The second-order valence-corrected chi connectivity index (χ2v) is 7.48. The van der Waals surface area contributed by atoms with E-state index in [9.17, 15) is 4.79 Å². The number of fused-ring (bicyclic) bond motifs is 2. The summed E-state index contributed by atoms with van der Waals surface area (Å²) in [5, 5.41) is 2.92. The lowest BCUT2D eigenvalue weighted by Gasteiger charge is -2.40. The minimum absolute atomic E-state index is 0.0759. The molecule has 1 aliphatic heterocycles. The van der Waals surface area contributed by atoms with E-state index in [1.165, 1.54) is 11.3 Å². The quantitative estimate of drug-likeness (QED) is 0.921. The van der Waals surface area contributed by atoms with Crippen LogP contribution in [0.2, 0.25) is 0 Å². The number of rotatable bonds is 4.